The van der Waals surface area contributed by atoms with Gasteiger partial charge in [-0.3, -0.25) is 0 Å². The number of halogens is 1. The fourth-order valence-corrected chi connectivity index (χ4v) is 0.705. The molecule has 0 spiro atoms. The molecule has 0 aliphatic rings. The van der Waals surface area contributed by atoms with Crippen LogP contribution in [0, 0.1) is 0 Å². The highest BCUT2D eigenvalue weighted by Gasteiger charge is 1.83. The molecule has 0 heterocycles. The van der Waals surface area contributed by atoms with Gasteiger partial charge in [0.05, 0.1) is 8.41 Å². The fraction of sp³-hybridized carbons (Fsp3) is 0. The first-order valence-corrected chi connectivity index (χ1v) is 2.68. The number of nitrogens with two attached hydrogens (primary N) is 1. The second kappa shape index (κ2) is 3.41. The summed E-state index contributed by atoms with van der Waals surface area (Å²) < 4.78 is 0. The molecule has 0 amide bonds. The molecule has 0 aromatic heterocycles. The molecule has 0 aliphatic carbocycles. The lowest BCUT2D eigenvalue weighted by Crippen LogP contribution is -1.80. The largest absolute Gasteiger partial charge is 0.399 e. The van der Waals surface area contributed by atoms with Crippen LogP contribution in [0.5, 0.6) is 0 Å². The molecule has 0 saturated heterocycles. The van der Waals surface area contributed by atoms with Gasteiger partial charge in [-0.2, -0.15) is 0 Å². The Morgan fingerprint density at radius 3 is 2.33 bits per heavy atom. The van der Waals surface area contributed by atoms with Crippen LogP contribution in [0.25, 0.3) is 0 Å². The van der Waals surface area contributed by atoms with Crippen molar-refractivity contribution in [2.75, 3.05) is 5.73 Å². The summed E-state index contributed by atoms with van der Waals surface area (Å²) in [4.78, 5) is 0. The Kier molecular flexibility index (Phi) is 3.17. The van der Waals surface area contributed by atoms with Crippen LogP contribution >= 0.6 is 11.6 Å². The van der Waals surface area contributed by atoms with Crippen LogP contribution in [0.15, 0.2) is 24.3 Å². The number of anilines is 1. The van der Waals surface area contributed by atoms with Gasteiger partial charge in [0.15, 0.2) is 0 Å². The zero-order valence-corrected chi connectivity index (χ0v) is 5.02. The van der Waals surface area contributed by atoms with E-state index in [1.54, 1.807) is 18.2 Å². The van der Waals surface area contributed by atoms with Gasteiger partial charge in [-0.25, -0.2) is 0 Å². The SMILES string of the molecule is B.Nc1cccc(Cl)c1. The van der Waals surface area contributed by atoms with E-state index in [0.717, 1.165) is 0 Å². The van der Waals surface area contributed by atoms with Crippen LogP contribution < -0.4 is 5.73 Å². The maximum atomic E-state index is 5.56. The molecule has 3 heteroatoms. The summed E-state index contributed by atoms with van der Waals surface area (Å²) >= 11 is 5.56. The predicted octanol–water partition coefficient (Wildman–Crippen LogP) is 0.738. The van der Waals surface area contributed by atoms with E-state index in [1.807, 2.05) is 6.07 Å². The minimum atomic E-state index is 0. The Bertz CT molecular complexity index is 173. The van der Waals surface area contributed by atoms with Crippen molar-refractivity contribution in [3.63, 3.8) is 0 Å². The van der Waals surface area contributed by atoms with Crippen molar-refractivity contribution in [3.05, 3.63) is 29.3 Å². The van der Waals surface area contributed by atoms with E-state index in [1.165, 1.54) is 0 Å². The molecular formula is C6H9BClN. The molecule has 1 aromatic rings. The highest BCUT2D eigenvalue weighted by Crippen LogP contribution is 2.10. The molecule has 2 N–H and O–H groups in total. The van der Waals surface area contributed by atoms with Crippen LogP contribution in [0.3, 0.4) is 0 Å². The summed E-state index contributed by atoms with van der Waals surface area (Å²) in [6, 6.07) is 7.11. The van der Waals surface area contributed by atoms with Crippen molar-refractivity contribution >= 4 is 25.7 Å². The van der Waals surface area contributed by atoms with Gasteiger partial charge in [0, 0.05) is 10.7 Å². The highest BCUT2D eigenvalue weighted by atomic mass is 35.5. The summed E-state index contributed by atoms with van der Waals surface area (Å²) in [5, 5.41) is 0.685. The van der Waals surface area contributed by atoms with Crippen LogP contribution in [0.4, 0.5) is 5.69 Å². The normalized spacial score (nSPS) is 8.11. The first-order chi connectivity index (χ1) is 3.79. The predicted molar refractivity (Wildman–Crippen MR) is 45.8 cm³/mol. The maximum absolute atomic E-state index is 5.56. The minimum Gasteiger partial charge on any atom is -0.399 e. The van der Waals surface area contributed by atoms with Crippen molar-refractivity contribution in [1.29, 1.82) is 0 Å². The molecule has 0 atom stereocenters. The lowest BCUT2D eigenvalue weighted by molar-refractivity contribution is 1.69. The Morgan fingerprint density at radius 2 is 2.00 bits per heavy atom. The van der Waals surface area contributed by atoms with Gasteiger partial charge in [0.2, 0.25) is 0 Å². The summed E-state index contributed by atoms with van der Waals surface area (Å²) in [6.07, 6.45) is 0. The van der Waals surface area contributed by atoms with Crippen LogP contribution in [0.1, 0.15) is 0 Å². The molecule has 1 rings (SSSR count). The van der Waals surface area contributed by atoms with E-state index in [0.29, 0.717) is 10.7 Å². The monoisotopic (exact) mass is 141 g/mol. The Labute approximate surface area is 61.4 Å². The van der Waals surface area contributed by atoms with Crippen molar-refractivity contribution < 1.29 is 0 Å². The van der Waals surface area contributed by atoms with E-state index in [9.17, 15) is 0 Å². The van der Waals surface area contributed by atoms with Crippen molar-refractivity contribution in [1.82, 2.24) is 0 Å². The third-order valence-corrected chi connectivity index (χ3v) is 1.08. The van der Waals surface area contributed by atoms with Gasteiger partial charge in [-0.15, -0.1) is 0 Å². The van der Waals surface area contributed by atoms with E-state index >= 15 is 0 Å². The van der Waals surface area contributed by atoms with Gasteiger partial charge in [-0.1, -0.05) is 17.7 Å². The van der Waals surface area contributed by atoms with Crippen molar-refractivity contribution in [2.24, 2.45) is 0 Å². The molecule has 1 nitrogen and oxygen atoms in total. The van der Waals surface area contributed by atoms with Crippen LogP contribution in [-0.4, -0.2) is 8.41 Å². The van der Waals surface area contributed by atoms with Gasteiger partial charge in [-0.05, 0) is 18.2 Å². The first-order valence-electron chi connectivity index (χ1n) is 2.30. The molecule has 0 fully saturated rings. The van der Waals surface area contributed by atoms with Gasteiger partial charge < -0.3 is 5.73 Å². The molecular weight excluding hydrogens is 132 g/mol. The molecule has 0 saturated carbocycles. The summed E-state index contributed by atoms with van der Waals surface area (Å²) in [5.74, 6) is 0. The summed E-state index contributed by atoms with van der Waals surface area (Å²) in [7, 11) is 0. The van der Waals surface area contributed by atoms with Gasteiger partial charge >= 0.3 is 0 Å². The topological polar surface area (TPSA) is 26.0 Å². The molecule has 0 unspecified atom stereocenters. The third-order valence-electron chi connectivity index (χ3n) is 0.849. The first kappa shape index (κ1) is 8.37. The lowest BCUT2D eigenvalue weighted by Gasteiger charge is -1.89. The second-order valence-electron chi connectivity index (χ2n) is 1.56. The van der Waals surface area contributed by atoms with E-state index in [-0.39, 0.29) is 8.41 Å². The average molecular weight is 141 g/mol. The van der Waals surface area contributed by atoms with Gasteiger partial charge in [0.25, 0.3) is 0 Å². The highest BCUT2D eigenvalue weighted by molar-refractivity contribution is 6.30. The third kappa shape index (κ3) is 2.42. The number of rotatable bonds is 0. The second-order valence-corrected chi connectivity index (χ2v) is 1.99. The fourth-order valence-electron chi connectivity index (χ4n) is 0.507. The molecule has 48 valence electrons. The number of benzene rings is 1. The maximum Gasteiger partial charge on any atom is 0.0814 e. The Balaban J connectivity index is 0.000000640. The minimum absolute atomic E-state index is 0. The smallest absolute Gasteiger partial charge is 0.0814 e. The molecule has 1 aromatic carbocycles. The quantitative estimate of drug-likeness (QED) is 0.419. The molecule has 0 aliphatic heterocycles. The van der Waals surface area contributed by atoms with Crippen molar-refractivity contribution in [2.45, 2.75) is 0 Å². The molecule has 9 heavy (non-hydrogen) atoms. The van der Waals surface area contributed by atoms with E-state index in [2.05, 4.69) is 0 Å². The van der Waals surface area contributed by atoms with E-state index in [4.69, 9.17) is 17.3 Å². The molecule has 0 radical (unpaired) electrons. The number of hydrogen-bond acceptors (Lipinski definition) is 1. The Morgan fingerprint density at radius 1 is 1.33 bits per heavy atom. The average Bonchev–Trinajstić information content (AvgIpc) is 1.64. The summed E-state index contributed by atoms with van der Waals surface area (Å²) in [6.45, 7) is 0. The Hall–Kier alpha value is -0.625. The molecule has 0 bridgehead atoms. The zero-order valence-electron chi connectivity index (χ0n) is 4.26. The number of hydrogen-bond donors (Lipinski definition) is 1. The standard InChI is InChI=1S/C6H6ClN.BH3/c7-5-2-1-3-6(8)4-5;/h1-4H,8H2;1H3. The van der Waals surface area contributed by atoms with Gasteiger partial charge in [0.1, 0.15) is 0 Å². The van der Waals surface area contributed by atoms with Crippen LogP contribution in [0.2, 0.25) is 5.02 Å². The lowest BCUT2D eigenvalue weighted by atomic mass is 10.3. The van der Waals surface area contributed by atoms with E-state index < -0.39 is 0 Å². The number of nitrogen functional groups attached to an aromatic ring is 1. The zero-order chi connectivity index (χ0) is 5.98. The summed E-state index contributed by atoms with van der Waals surface area (Å²) in [5.41, 5.74) is 6.08. The van der Waals surface area contributed by atoms with Crippen LogP contribution in [-0.2, 0) is 0 Å². The van der Waals surface area contributed by atoms with Crippen molar-refractivity contribution in [3.8, 4) is 0 Å².